The summed E-state index contributed by atoms with van der Waals surface area (Å²) in [5.41, 5.74) is 2.00. The standard InChI is InChI=1S/C9H11BO/c1-3-8-5-4-6-10-9(8)7(2)11/h4-6H,3H2,1-2H3. The average molecular weight is 146 g/mol. The first-order valence-electron chi connectivity index (χ1n) is 3.84. The molecule has 56 valence electrons. The van der Waals surface area contributed by atoms with Gasteiger partial charge in [0.2, 0.25) is 0 Å². The molecule has 0 unspecified atom stereocenters. The zero-order valence-electron chi connectivity index (χ0n) is 6.92. The van der Waals surface area contributed by atoms with Gasteiger partial charge >= 0.3 is 66.9 Å². The van der Waals surface area contributed by atoms with Gasteiger partial charge in [0.05, 0.1) is 0 Å². The fourth-order valence-electron chi connectivity index (χ4n) is 1.17. The van der Waals surface area contributed by atoms with Crippen molar-refractivity contribution in [1.82, 2.24) is 0 Å². The van der Waals surface area contributed by atoms with Crippen LogP contribution in [0.5, 0.6) is 0 Å². The van der Waals surface area contributed by atoms with Gasteiger partial charge in [-0.15, -0.1) is 0 Å². The third-order valence-electron chi connectivity index (χ3n) is 1.78. The minimum atomic E-state index is 0.155. The van der Waals surface area contributed by atoms with Crippen LogP contribution in [0.1, 0.15) is 29.7 Å². The summed E-state index contributed by atoms with van der Waals surface area (Å²) in [5, 5.41) is 0. The predicted molar refractivity (Wildman–Crippen MR) is 47.2 cm³/mol. The van der Waals surface area contributed by atoms with Gasteiger partial charge in [-0.05, 0) is 0 Å². The van der Waals surface area contributed by atoms with Gasteiger partial charge in [0.15, 0.2) is 0 Å². The number of carbonyl (C=O) groups excluding carboxylic acids is 1. The SMILES string of the molecule is CCc1cccbc1C(C)=O. The van der Waals surface area contributed by atoms with Crippen LogP contribution in [0, 0.1) is 0 Å². The van der Waals surface area contributed by atoms with Gasteiger partial charge in [-0.2, -0.15) is 0 Å². The van der Waals surface area contributed by atoms with E-state index in [4.69, 9.17) is 0 Å². The summed E-state index contributed by atoms with van der Waals surface area (Å²) in [6.07, 6.45) is 0.926. The fraction of sp³-hybridized carbons (Fsp3) is 0.333. The first kappa shape index (κ1) is 8.18. The Kier molecular flexibility index (Phi) is 2.58. The number of aryl methyl sites for hydroxylation is 1. The Morgan fingerprint density at radius 2 is 2.36 bits per heavy atom. The van der Waals surface area contributed by atoms with Crippen molar-refractivity contribution in [1.29, 1.82) is 0 Å². The van der Waals surface area contributed by atoms with Crippen molar-refractivity contribution in [2.24, 2.45) is 0 Å². The van der Waals surface area contributed by atoms with Gasteiger partial charge in [0.1, 0.15) is 0 Å². The van der Waals surface area contributed by atoms with Gasteiger partial charge in [-0.1, -0.05) is 0 Å². The van der Waals surface area contributed by atoms with Crippen LogP contribution >= 0.6 is 0 Å². The molecule has 0 spiro atoms. The first-order chi connectivity index (χ1) is 5.25. The molecule has 0 atom stereocenters. The maximum atomic E-state index is 11.0. The molecule has 11 heavy (non-hydrogen) atoms. The van der Waals surface area contributed by atoms with Gasteiger partial charge in [0, 0.05) is 0 Å². The van der Waals surface area contributed by atoms with E-state index in [0.717, 1.165) is 17.4 Å². The second-order valence-electron chi connectivity index (χ2n) is 2.57. The summed E-state index contributed by atoms with van der Waals surface area (Å²) < 4.78 is 0. The Hall–Kier alpha value is -0.915. The van der Waals surface area contributed by atoms with Crippen LogP contribution in [-0.2, 0) is 6.42 Å². The number of ketones is 1. The summed E-state index contributed by atoms with van der Waals surface area (Å²) >= 11 is 0. The van der Waals surface area contributed by atoms with Crippen LogP contribution < -0.4 is 0 Å². The second-order valence-corrected chi connectivity index (χ2v) is 2.57. The van der Waals surface area contributed by atoms with E-state index >= 15 is 0 Å². The van der Waals surface area contributed by atoms with E-state index in [1.807, 2.05) is 25.0 Å². The van der Waals surface area contributed by atoms with E-state index in [0.29, 0.717) is 0 Å². The van der Waals surface area contributed by atoms with Crippen LogP contribution in [0.25, 0.3) is 0 Å². The Morgan fingerprint density at radius 3 is 2.82 bits per heavy atom. The van der Waals surface area contributed by atoms with Crippen LogP contribution in [0.4, 0.5) is 0 Å². The molecule has 0 aromatic carbocycles. The normalized spacial score (nSPS) is 9.27. The second kappa shape index (κ2) is 3.47. The molecule has 0 fully saturated rings. The van der Waals surface area contributed by atoms with Gasteiger partial charge in [-0.25, -0.2) is 0 Å². The van der Waals surface area contributed by atoms with E-state index in [1.54, 1.807) is 6.92 Å². The Bertz CT molecular complexity index is 268. The number of hydrogen-bond acceptors (Lipinski definition) is 1. The van der Waals surface area contributed by atoms with Crippen LogP contribution in [0.3, 0.4) is 0 Å². The molecule has 1 aromatic heterocycles. The van der Waals surface area contributed by atoms with E-state index < -0.39 is 0 Å². The minimum absolute atomic E-state index is 0.155. The van der Waals surface area contributed by atoms with Crippen LogP contribution in [-0.4, -0.2) is 12.7 Å². The average Bonchev–Trinajstić information content (AvgIpc) is 2.04. The molecule has 0 saturated heterocycles. The number of carbonyl (C=O) groups is 1. The zero-order chi connectivity index (χ0) is 8.27. The topological polar surface area (TPSA) is 17.1 Å². The van der Waals surface area contributed by atoms with E-state index in [1.165, 1.54) is 0 Å². The van der Waals surface area contributed by atoms with E-state index in [2.05, 4.69) is 6.92 Å². The van der Waals surface area contributed by atoms with E-state index in [9.17, 15) is 4.79 Å². The van der Waals surface area contributed by atoms with Gasteiger partial charge < -0.3 is 0 Å². The molecule has 1 heterocycles. The van der Waals surface area contributed by atoms with Crippen molar-refractivity contribution in [2.75, 3.05) is 0 Å². The molecule has 0 aliphatic carbocycles. The fourth-order valence-corrected chi connectivity index (χ4v) is 1.17. The van der Waals surface area contributed by atoms with Crippen LogP contribution in [0.2, 0.25) is 0 Å². The molecule has 0 saturated carbocycles. The molecule has 0 N–H and O–H groups in total. The molecular weight excluding hydrogens is 135 g/mol. The van der Waals surface area contributed by atoms with Crippen molar-refractivity contribution < 1.29 is 4.79 Å². The van der Waals surface area contributed by atoms with E-state index in [-0.39, 0.29) is 5.78 Å². The third-order valence-corrected chi connectivity index (χ3v) is 1.78. The molecular formula is C9H11BO. The monoisotopic (exact) mass is 146 g/mol. The van der Waals surface area contributed by atoms with Crippen LogP contribution in [0.15, 0.2) is 18.1 Å². The van der Waals surface area contributed by atoms with Gasteiger partial charge in [0.25, 0.3) is 0 Å². The first-order valence-corrected chi connectivity index (χ1v) is 3.84. The molecule has 1 rings (SSSR count). The quantitative estimate of drug-likeness (QED) is 0.581. The van der Waals surface area contributed by atoms with Crippen molar-refractivity contribution in [3.63, 3.8) is 0 Å². The van der Waals surface area contributed by atoms with Crippen molar-refractivity contribution in [3.05, 3.63) is 29.1 Å². The molecule has 0 bridgehead atoms. The Balaban J connectivity index is 3.12. The molecule has 0 radical (unpaired) electrons. The zero-order valence-corrected chi connectivity index (χ0v) is 6.92. The summed E-state index contributed by atoms with van der Waals surface area (Å²) in [6.45, 7) is 5.54. The summed E-state index contributed by atoms with van der Waals surface area (Å²) in [6, 6.07) is 3.96. The predicted octanol–water partition coefficient (Wildman–Crippen LogP) is 1.79. The van der Waals surface area contributed by atoms with Gasteiger partial charge in [-0.3, -0.25) is 0 Å². The summed E-state index contributed by atoms with van der Waals surface area (Å²) in [7, 11) is 0. The third kappa shape index (κ3) is 1.76. The molecule has 0 amide bonds. The molecule has 0 aliphatic heterocycles. The molecule has 1 nitrogen and oxygen atoms in total. The number of Topliss-reactive ketones (excluding diaryl/α,β-unsaturated/α-hetero) is 1. The molecule has 2 heteroatoms. The Labute approximate surface area is 67.7 Å². The number of rotatable bonds is 2. The van der Waals surface area contributed by atoms with Crippen molar-refractivity contribution in [2.45, 2.75) is 20.3 Å². The Morgan fingerprint density at radius 1 is 1.64 bits per heavy atom. The summed E-state index contributed by atoms with van der Waals surface area (Å²) in [5.74, 6) is 2.05. The summed E-state index contributed by atoms with van der Waals surface area (Å²) in [4.78, 5) is 11.0. The molecule has 0 aliphatic rings. The maximum absolute atomic E-state index is 11.0. The van der Waals surface area contributed by atoms with Crippen molar-refractivity contribution >= 4 is 12.7 Å². The number of hydrogen-bond donors (Lipinski definition) is 0. The van der Waals surface area contributed by atoms with Crippen molar-refractivity contribution in [3.8, 4) is 0 Å². The molecule has 1 aromatic rings.